The van der Waals surface area contributed by atoms with Crippen molar-refractivity contribution >= 4 is 39.5 Å². The number of aliphatic hydroxyl groups is 1. The SMILES string of the molecule is CCCCCCCCCCCCCCCCCCCC(=O)O[C@H](COC(=O)CCCCCCCCCCCCCCCC(C)C)COP(=O)(O)OC[C@@H](O)COP(=O)(O)OC[C@@H](COC(=O)CCCCCCCCCCCC)OC(=O)CCCCCCCCCCC(C)C. The molecule has 0 saturated carbocycles. The lowest BCUT2D eigenvalue weighted by molar-refractivity contribution is -0.161. The van der Waals surface area contributed by atoms with E-state index in [0.29, 0.717) is 25.7 Å². The van der Waals surface area contributed by atoms with Crippen LogP contribution in [0, 0.1) is 11.8 Å². The van der Waals surface area contributed by atoms with E-state index in [0.717, 1.165) is 102 Å². The number of rotatable bonds is 74. The largest absolute Gasteiger partial charge is 0.472 e. The third-order valence-corrected chi connectivity index (χ3v) is 19.4. The molecule has 5 atom stereocenters. The normalized spacial score (nSPS) is 14.0. The molecule has 3 N–H and O–H groups in total. The lowest BCUT2D eigenvalue weighted by atomic mass is 10.0. The Labute approximate surface area is 575 Å². The van der Waals surface area contributed by atoms with Gasteiger partial charge in [0.15, 0.2) is 12.2 Å². The maximum Gasteiger partial charge on any atom is 0.472 e. The van der Waals surface area contributed by atoms with Crippen LogP contribution < -0.4 is 0 Å². The summed E-state index contributed by atoms with van der Waals surface area (Å²) in [6.45, 7) is 9.56. The Kier molecular flexibility index (Phi) is 65.5. The average molecular weight is 1380 g/mol. The zero-order valence-electron chi connectivity index (χ0n) is 61.3. The van der Waals surface area contributed by atoms with Crippen LogP contribution in [0.5, 0.6) is 0 Å². The summed E-state index contributed by atoms with van der Waals surface area (Å²) in [5.74, 6) is -0.608. The Morgan fingerprint density at radius 2 is 0.489 bits per heavy atom. The van der Waals surface area contributed by atoms with Gasteiger partial charge in [-0.3, -0.25) is 37.3 Å². The number of carbonyl (C=O) groups is 4. The van der Waals surface area contributed by atoms with Gasteiger partial charge in [-0.1, -0.05) is 337 Å². The number of ether oxygens (including phenoxy) is 4. The van der Waals surface area contributed by atoms with Gasteiger partial charge in [-0.25, -0.2) is 9.13 Å². The Hall–Kier alpha value is -1.94. The predicted molar refractivity (Wildman–Crippen MR) is 381 cm³/mol. The topological polar surface area (TPSA) is 237 Å². The first kappa shape index (κ1) is 92.1. The molecule has 0 fully saturated rings. The van der Waals surface area contributed by atoms with Crippen molar-refractivity contribution in [2.24, 2.45) is 11.8 Å². The Morgan fingerprint density at radius 3 is 0.723 bits per heavy atom. The number of unbranched alkanes of at least 4 members (excludes halogenated alkanes) is 44. The van der Waals surface area contributed by atoms with Crippen LogP contribution in [0.4, 0.5) is 0 Å². The summed E-state index contributed by atoms with van der Waals surface area (Å²) in [6.07, 6.45) is 54.1. The average Bonchev–Trinajstić information content (AvgIpc) is 1.19. The van der Waals surface area contributed by atoms with Gasteiger partial charge < -0.3 is 33.8 Å². The van der Waals surface area contributed by atoms with Gasteiger partial charge in [0.1, 0.15) is 19.3 Å². The number of carbonyl (C=O) groups excluding carboxylic acids is 4. The molecule has 0 rings (SSSR count). The van der Waals surface area contributed by atoms with Crippen LogP contribution >= 0.6 is 15.6 Å². The first-order chi connectivity index (χ1) is 45.4. The molecule has 0 aliphatic carbocycles. The third kappa shape index (κ3) is 68.6. The molecule has 0 saturated heterocycles. The molecule has 94 heavy (non-hydrogen) atoms. The van der Waals surface area contributed by atoms with Crippen molar-refractivity contribution in [2.45, 2.75) is 407 Å². The third-order valence-electron chi connectivity index (χ3n) is 17.5. The molecule has 0 aromatic carbocycles. The minimum absolute atomic E-state index is 0.105. The number of aliphatic hydroxyl groups excluding tert-OH is 1. The van der Waals surface area contributed by atoms with Crippen LogP contribution in [0.25, 0.3) is 0 Å². The van der Waals surface area contributed by atoms with Gasteiger partial charge >= 0.3 is 39.5 Å². The zero-order chi connectivity index (χ0) is 69.3. The molecule has 0 aliphatic rings. The highest BCUT2D eigenvalue weighted by atomic mass is 31.2. The van der Waals surface area contributed by atoms with E-state index >= 15 is 0 Å². The van der Waals surface area contributed by atoms with Gasteiger partial charge in [-0.05, 0) is 37.5 Å². The summed E-state index contributed by atoms with van der Waals surface area (Å²) in [7, 11) is -9.91. The van der Waals surface area contributed by atoms with Gasteiger partial charge in [-0.15, -0.1) is 0 Å². The lowest BCUT2D eigenvalue weighted by Gasteiger charge is -2.21. The fraction of sp³-hybridized carbons (Fsp3) is 0.947. The highest BCUT2D eigenvalue weighted by Crippen LogP contribution is 2.45. The van der Waals surface area contributed by atoms with E-state index in [-0.39, 0.29) is 25.7 Å². The maximum atomic E-state index is 13.1. The maximum absolute atomic E-state index is 13.1. The van der Waals surface area contributed by atoms with Crippen molar-refractivity contribution in [1.29, 1.82) is 0 Å². The lowest BCUT2D eigenvalue weighted by Crippen LogP contribution is -2.30. The molecule has 19 heteroatoms. The highest BCUT2D eigenvalue weighted by molar-refractivity contribution is 7.47. The fourth-order valence-electron chi connectivity index (χ4n) is 11.5. The smallest absolute Gasteiger partial charge is 0.462 e. The van der Waals surface area contributed by atoms with E-state index in [9.17, 15) is 43.2 Å². The number of hydrogen-bond donors (Lipinski definition) is 3. The molecule has 0 radical (unpaired) electrons. The van der Waals surface area contributed by atoms with E-state index in [1.165, 1.54) is 205 Å². The van der Waals surface area contributed by atoms with Gasteiger partial charge in [0.25, 0.3) is 0 Å². The van der Waals surface area contributed by atoms with Crippen LogP contribution in [-0.4, -0.2) is 96.7 Å². The molecule has 0 aromatic rings. The molecular weight excluding hydrogens is 1230 g/mol. The number of phosphoric ester groups is 2. The standard InChI is InChI=1S/C75H146O17P2/c1-7-9-11-13-15-17-19-20-21-22-23-26-30-34-41-47-53-59-74(79)91-70(63-86-73(78)58-52-46-40-33-29-27-24-25-28-31-37-43-49-55-67(3)4)65-89-93(81,82)87-61-69(76)62-88-94(83,84)90-66-71(64-85-72(77)57-51-45-39-32-18-16-14-12-10-8-2)92-75(80)60-54-48-42-36-35-38-44-50-56-68(5)6/h67-71,76H,7-66H2,1-6H3,(H,81,82)(H,83,84)/t69-,70-,71-/m1/s1. The van der Waals surface area contributed by atoms with Crippen molar-refractivity contribution < 1.29 is 80.2 Å². The first-order valence-corrected chi connectivity index (χ1v) is 42.0. The molecule has 0 aliphatic heterocycles. The second-order valence-electron chi connectivity index (χ2n) is 28.0. The van der Waals surface area contributed by atoms with Crippen LogP contribution in [-0.2, 0) is 65.4 Å². The molecule has 0 aromatic heterocycles. The summed E-state index contributed by atoms with van der Waals surface area (Å²) in [4.78, 5) is 72.7. The van der Waals surface area contributed by atoms with Crippen molar-refractivity contribution in [3.8, 4) is 0 Å². The number of hydrogen-bond acceptors (Lipinski definition) is 15. The summed E-state index contributed by atoms with van der Waals surface area (Å²) in [6, 6.07) is 0. The second kappa shape index (κ2) is 66.9. The highest BCUT2D eigenvalue weighted by Gasteiger charge is 2.30. The minimum atomic E-state index is -4.96. The van der Waals surface area contributed by atoms with Crippen molar-refractivity contribution in [1.82, 2.24) is 0 Å². The molecule has 0 spiro atoms. The molecule has 558 valence electrons. The van der Waals surface area contributed by atoms with E-state index in [1.54, 1.807) is 0 Å². The molecule has 0 heterocycles. The molecule has 0 bridgehead atoms. The monoisotopic (exact) mass is 1380 g/mol. The zero-order valence-corrected chi connectivity index (χ0v) is 63.1. The molecular formula is C75H146O17P2. The van der Waals surface area contributed by atoms with Crippen molar-refractivity contribution in [2.75, 3.05) is 39.6 Å². The van der Waals surface area contributed by atoms with Crippen LogP contribution in [0.2, 0.25) is 0 Å². The van der Waals surface area contributed by atoms with Crippen LogP contribution in [0.3, 0.4) is 0 Å². The molecule has 2 unspecified atom stereocenters. The van der Waals surface area contributed by atoms with Crippen LogP contribution in [0.1, 0.15) is 388 Å². The van der Waals surface area contributed by atoms with Crippen LogP contribution in [0.15, 0.2) is 0 Å². The van der Waals surface area contributed by atoms with E-state index in [2.05, 4.69) is 41.5 Å². The Morgan fingerprint density at radius 1 is 0.287 bits per heavy atom. The fourth-order valence-corrected chi connectivity index (χ4v) is 13.1. The summed E-state index contributed by atoms with van der Waals surface area (Å²) in [5, 5.41) is 10.6. The molecule has 0 amide bonds. The molecule has 17 nitrogen and oxygen atoms in total. The summed E-state index contributed by atoms with van der Waals surface area (Å²) < 4.78 is 68.5. The van der Waals surface area contributed by atoms with E-state index in [1.807, 2.05) is 0 Å². The van der Waals surface area contributed by atoms with Gasteiger partial charge in [-0.2, -0.15) is 0 Å². The van der Waals surface area contributed by atoms with Crippen molar-refractivity contribution in [3.05, 3.63) is 0 Å². The van der Waals surface area contributed by atoms with E-state index < -0.39 is 97.5 Å². The summed E-state index contributed by atoms with van der Waals surface area (Å²) >= 11 is 0. The van der Waals surface area contributed by atoms with Gasteiger partial charge in [0, 0.05) is 25.7 Å². The first-order valence-electron chi connectivity index (χ1n) is 39.0. The predicted octanol–water partition coefficient (Wildman–Crippen LogP) is 21.9. The van der Waals surface area contributed by atoms with Gasteiger partial charge in [0.05, 0.1) is 26.4 Å². The minimum Gasteiger partial charge on any atom is -0.462 e. The van der Waals surface area contributed by atoms with E-state index in [4.69, 9.17) is 37.0 Å². The van der Waals surface area contributed by atoms with Gasteiger partial charge in [0.2, 0.25) is 0 Å². The quantitative estimate of drug-likeness (QED) is 0.0222. The second-order valence-corrected chi connectivity index (χ2v) is 30.9. The summed E-state index contributed by atoms with van der Waals surface area (Å²) in [5.41, 5.74) is 0. The Bertz CT molecular complexity index is 1820. The number of phosphoric acid groups is 2. The Balaban J connectivity index is 5.23. The van der Waals surface area contributed by atoms with Crippen molar-refractivity contribution in [3.63, 3.8) is 0 Å². The number of esters is 4.